The van der Waals surface area contributed by atoms with Gasteiger partial charge in [-0.25, -0.2) is 0 Å². The number of fused-ring (bicyclic) bond motifs is 1. The molecule has 3 fully saturated rings. The summed E-state index contributed by atoms with van der Waals surface area (Å²) < 4.78 is 11.3. The molecule has 0 aromatic heterocycles. The lowest BCUT2D eigenvalue weighted by atomic mass is 10.2. The van der Waals surface area contributed by atoms with E-state index in [0.717, 1.165) is 38.6 Å². The predicted molar refractivity (Wildman–Crippen MR) is 70.6 cm³/mol. The van der Waals surface area contributed by atoms with Gasteiger partial charge in [-0.3, -0.25) is 4.90 Å². The van der Waals surface area contributed by atoms with Crippen molar-refractivity contribution in [1.29, 1.82) is 0 Å². The Balaban J connectivity index is 1.43. The van der Waals surface area contributed by atoms with Crippen LogP contribution in [-0.2, 0) is 9.47 Å². The van der Waals surface area contributed by atoms with Crippen LogP contribution >= 0.6 is 0 Å². The zero-order valence-electron chi connectivity index (χ0n) is 11.4. The van der Waals surface area contributed by atoms with Crippen molar-refractivity contribution in [3.8, 4) is 0 Å². The molecule has 1 atom stereocenters. The van der Waals surface area contributed by atoms with Gasteiger partial charge in [0.2, 0.25) is 0 Å². The van der Waals surface area contributed by atoms with Gasteiger partial charge in [0.15, 0.2) is 6.29 Å². The summed E-state index contributed by atoms with van der Waals surface area (Å²) in [6.07, 6.45) is 6.26. The summed E-state index contributed by atoms with van der Waals surface area (Å²) in [7, 11) is 0. The van der Waals surface area contributed by atoms with Crippen LogP contribution in [0.3, 0.4) is 0 Å². The molecule has 0 amide bonds. The minimum atomic E-state index is 0.0571. The van der Waals surface area contributed by atoms with E-state index in [1.54, 1.807) is 0 Å². The molecule has 104 valence electrons. The van der Waals surface area contributed by atoms with Crippen LogP contribution in [0.4, 0.5) is 0 Å². The smallest absolute Gasteiger partial charge is 0.158 e. The van der Waals surface area contributed by atoms with E-state index in [2.05, 4.69) is 9.80 Å². The molecule has 0 N–H and O–H groups in total. The van der Waals surface area contributed by atoms with Gasteiger partial charge < -0.3 is 14.4 Å². The monoisotopic (exact) mass is 254 g/mol. The van der Waals surface area contributed by atoms with E-state index in [0.29, 0.717) is 0 Å². The maximum absolute atomic E-state index is 5.63. The van der Waals surface area contributed by atoms with Crippen LogP contribution < -0.4 is 0 Å². The first-order chi connectivity index (χ1) is 8.92. The molecule has 4 nitrogen and oxygen atoms in total. The van der Waals surface area contributed by atoms with Crippen molar-refractivity contribution in [1.82, 2.24) is 9.80 Å². The Morgan fingerprint density at radius 1 is 0.944 bits per heavy atom. The molecule has 0 radical (unpaired) electrons. The van der Waals surface area contributed by atoms with Crippen molar-refractivity contribution >= 4 is 0 Å². The van der Waals surface area contributed by atoms with Crippen molar-refractivity contribution < 1.29 is 9.47 Å². The van der Waals surface area contributed by atoms with E-state index in [4.69, 9.17) is 9.47 Å². The highest BCUT2D eigenvalue weighted by Gasteiger charge is 2.28. The van der Waals surface area contributed by atoms with Crippen molar-refractivity contribution in [2.24, 2.45) is 0 Å². The SMILES string of the molecule is C1COC(CCN2CCCN3CCCC3C2)OC1. The Hall–Kier alpha value is -0.160. The van der Waals surface area contributed by atoms with Gasteiger partial charge in [-0.2, -0.15) is 0 Å². The molecule has 18 heavy (non-hydrogen) atoms. The van der Waals surface area contributed by atoms with Gasteiger partial charge in [0.1, 0.15) is 0 Å². The second-order valence-corrected chi connectivity index (χ2v) is 5.80. The maximum atomic E-state index is 5.63. The summed E-state index contributed by atoms with van der Waals surface area (Å²) in [5.74, 6) is 0. The molecule has 3 aliphatic rings. The average Bonchev–Trinajstić information content (AvgIpc) is 2.76. The van der Waals surface area contributed by atoms with Gasteiger partial charge in [-0.1, -0.05) is 0 Å². The molecule has 0 aliphatic carbocycles. The Labute approximate surface area is 110 Å². The van der Waals surface area contributed by atoms with E-state index < -0.39 is 0 Å². The predicted octanol–water partition coefficient (Wildman–Crippen LogP) is 1.31. The molecule has 0 aromatic carbocycles. The summed E-state index contributed by atoms with van der Waals surface area (Å²) in [4.78, 5) is 5.31. The molecular formula is C14H26N2O2. The molecule has 3 saturated heterocycles. The summed E-state index contributed by atoms with van der Waals surface area (Å²) in [6, 6.07) is 0.820. The third-order valence-electron chi connectivity index (χ3n) is 4.46. The normalized spacial score (nSPS) is 32.3. The lowest BCUT2D eigenvalue weighted by molar-refractivity contribution is -0.182. The average molecular weight is 254 g/mol. The second-order valence-electron chi connectivity index (χ2n) is 5.80. The summed E-state index contributed by atoms with van der Waals surface area (Å²) in [5, 5.41) is 0. The number of ether oxygens (including phenoxy) is 2. The third kappa shape index (κ3) is 3.23. The molecule has 0 spiro atoms. The Morgan fingerprint density at radius 2 is 1.78 bits per heavy atom. The highest BCUT2D eigenvalue weighted by molar-refractivity contribution is 4.84. The fourth-order valence-electron chi connectivity index (χ4n) is 3.48. The van der Waals surface area contributed by atoms with Gasteiger partial charge in [0.05, 0.1) is 13.2 Å². The lowest BCUT2D eigenvalue weighted by Crippen LogP contribution is -2.38. The van der Waals surface area contributed by atoms with Crippen molar-refractivity contribution in [3.05, 3.63) is 0 Å². The van der Waals surface area contributed by atoms with Crippen LogP contribution in [0.15, 0.2) is 0 Å². The molecule has 3 heterocycles. The van der Waals surface area contributed by atoms with Crippen LogP contribution in [0.25, 0.3) is 0 Å². The van der Waals surface area contributed by atoms with Crippen LogP contribution in [0.2, 0.25) is 0 Å². The van der Waals surface area contributed by atoms with Gasteiger partial charge in [-0.15, -0.1) is 0 Å². The fraction of sp³-hybridized carbons (Fsp3) is 1.00. The van der Waals surface area contributed by atoms with E-state index >= 15 is 0 Å². The van der Waals surface area contributed by atoms with Crippen LogP contribution in [-0.4, -0.2) is 68.1 Å². The Kier molecular flexibility index (Phi) is 4.52. The van der Waals surface area contributed by atoms with Crippen LogP contribution in [0.1, 0.15) is 32.1 Å². The van der Waals surface area contributed by atoms with E-state index in [9.17, 15) is 0 Å². The Morgan fingerprint density at radius 3 is 2.67 bits per heavy atom. The van der Waals surface area contributed by atoms with E-state index in [-0.39, 0.29) is 6.29 Å². The minimum absolute atomic E-state index is 0.0571. The van der Waals surface area contributed by atoms with Gasteiger partial charge in [0, 0.05) is 25.6 Å². The standard InChI is InChI=1S/C14H26N2O2/c1-4-13-12-15(6-2-8-16(13)7-1)9-5-14-17-10-3-11-18-14/h13-14H,1-12H2. The van der Waals surface area contributed by atoms with Crippen LogP contribution in [0, 0.1) is 0 Å². The number of nitrogens with zero attached hydrogens (tertiary/aromatic N) is 2. The molecule has 1 unspecified atom stereocenters. The van der Waals surface area contributed by atoms with Crippen LogP contribution in [0.5, 0.6) is 0 Å². The molecule has 0 aromatic rings. The highest BCUT2D eigenvalue weighted by atomic mass is 16.7. The van der Waals surface area contributed by atoms with E-state index in [1.165, 1.54) is 45.4 Å². The van der Waals surface area contributed by atoms with E-state index in [1.807, 2.05) is 0 Å². The summed E-state index contributed by atoms with van der Waals surface area (Å²) in [5.41, 5.74) is 0. The van der Waals surface area contributed by atoms with Crippen molar-refractivity contribution in [2.45, 2.75) is 44.4 Å². The zero-order chi connectivity index (χ0) is 12.2. The third-order valence-corrected chi connectivity index (χ3v) is 4.46. The van der Waals surface area contributed by atoms with Gasteiger partial charge >= 0.3 is 0 Å². The zero-order valence-corrected chi connectivity index (χ0v) is 11.4. The largest absolute Gasteiger partial charge is 0.353 e. The van der Waals surface area contributed by atoms with Crippen molar-refractivity contribution in [3.63, 3.8) is 0 Å². The topological polar surface area (TPSA) is 24.9 Å². The maximum Gasteiger partial charge on any atom is 0.158 e. The van der Waals surface area contributed by atoms with Crippen molar-refractivity contribution in [2.75, 3.05) is 45.9 Å². The first kappa shape index (κ1) is 12.9. The first-order valence-electron chi connectivity index (χ1n) is 7.61. The molecule has 3 rings (SSSR count). The quantitative estimate of drug-likeness (QED) is 0.758. The minimum Gasteiger partial charge on any atom is -0.353 e. The molecule has 4 heteroatoms. The Bertz CT molecular complexity index is 256. The number of hydrogen-bond acceptors (Lipinski definition) is 4. The summed E-state index contributed by atoms with van der Waals surface area (Å²) >= 11 is 0. The highest BCUT2D eigenvalue weighted by Crippen LogP contribution is 2.21. The molecule has 0 bridgehead atoms. The molecule has 3 aliphatic heterocycles. The summed E-state index contributed by atoms with van der Waals surface area (Å²) in [6.45, 7) is 8.02. The lowest BCUT2D eigenvalue weighted by Gasteiger charge is -2.28. The molecular weight excluding hydrogens is 228 g/mol. The number of rotatable bonds is 3. The first-order valence-corrected chi connectivity index (χ1v) is 7.61. The fourth-order valence-corrected chi connectivity index (χ4v) is 3.48. The van der Waals surface area contributed by atoms with Gasteiger partial charge in [-0.05, 0) is 45.3 Å². The molecule has 0 saturated carbocycles. The second kappa shape index (κ2) is 6.33. The number of hydrogen-bond donors (Lipinski definition) is 0. The van der Waals surface area contributed by atoms with Gasteiger partial charge in [0.25, 0.3) is 0 Å².